The van der Waals surface area contributed by atoms with Crippen molar-refractivity contribution < 1.29 is 19.2 Å². The van der Waals surface area contributed by atoms with Gasteiger partial charge in [-0.2, -0.15) is 0 Å². The molecule has 4 amide bonds. The van der Waals surface area contributed by atoms with Crippen molar-refractivity contribution in [2.45, 2.75) is 71.4 Å². The van der Waals surface area contributed by atoms with Crippen LogP contribution in [0.1, 0.15) is 59.8 Å². The van der Waals surface area contributed by atoms with Gasteiger partial charge >= 0.3 is 0 Å². The van der Waals surface area contributed by atoms with Crippen LogP contribution in [0.15, 0.2) is 0 Å². The summed E-state index contributed by atoms with van der Waals surface area (Å²) < 4.78 is 0. The zero-order valence-corrected chi connectivity index (χ0v) is 17.5. The molecule has 2 aliphatic heterocycles. The van der Waals surface area contributed by atoms with Gasteiger partial charge in [0.15, 0.2) is 0 Å². The van der Waals surface area contributed by atoms with Crippen molar-refractivity contribution in [3.8, 4) is 0 Å². The second kappa shape index (κ2) is 8.92. The Morgan fingerprint density at radius 2 is 1.71 bits per heavy atom. The molecule has 0 bridgehead atoms. The third kappa shape index (κ3) is 4.31. The number of hydrogen-bond donors (Lipinski definition) is 2. The maximum atomic E-state index is 12.9. The molecule has 0 aromatic heterocycles. The Balaban J connectivity index is 1.96. The number of nitrogens with zero attached hydrogens (tertiary/aromatic N) is 2. The van der Waals surface area contributed by atoms with Gasteiger partial charge in [0.2, 0.25) is 23.6 Å². The minimum atomic E-state index is -1.04. The third-order valence-electron chi connectivity index (χ3n) is 6.17. The quantitative estimate of drug-likeness (QED) is 0.660. The minimum Gasteiger partial charge on any atom is -0.368 e. The molecule has 8 nitrogen and oxygen atoms in total. The number of rotatable bonds is 7. The lowest BCUT2D eigenvalue weighted by Gasteiger charge is -2.44. The topological polar surface area (TPSA) is 113 Å². The highest BCUT2D eigenvalue weighted by Crippen LogP contribution is 2.26. The van der Waals surface area contributed by atoms with E-state index in [2.05, 4.69) is 5.32 Å². The number of likely N-dealkylation sites (tertiary alicyclic amines) is 2. The SMILES string of the molecule is CCC(CC)(NC(=O)C1CN(C(=O)C2CCCCN2C(=O)C(C)C)C1)C(N)=O. The molecular weight excluding hydrogens is 360 g/mol. The smallest absolute Gasteiger partial charge is 0.245 e. The second-order valence-electron chi connectivity index (χ2n) is 8.28. The molecule has 0 spiro atoms. The molecule has 0 saturated carbocycles. The Morgan fingerprint density at radius 1 is 1.11 bits per heavy atom. The molecule has 2 aliphatic rings. The number of primary amides is 1. The van der Waals surface area contributed by atoms with Gasteiger partial charge in [-0.05, 0) is 32.1 Å². The van der Waals surface area contributed by atoms with Crippen LogP contribution in [0.3, 0.4) is 0 Å². The summed E-state index contributed by atoms with van der Waals surface area (Å²) in [6.45, 7) is 8.55. The first-order valence-electron chi connectivity index (χ1n) is 10.4. The van der Waals surface area contributed by atoms with Gasteiger partial charge in [0.25, 0.3) is 0 Å². The zero-order chi connectivity index (χ0) is 21.1. The Bertz CT molecular complexity index is 624. The van der Waals surface area contributed by atoms with Gasteiger partial charge in [-0.25, -0.2) is 0 Å². The molecule has 2 fully saturated rings. The van der Waals surface area contributed by atoms with Gasteiger partial charge in [0, 0.05) is 25.6 Å². The lowest BCUT2D eigenvalue weighted by Crippen LogP contribution is -2.65. The van der Waals surface area contributed by atoms with Gasteiger partial charge in [-0.3, -0.25) is 19.2 Å². The van der Waals surface area contributed by atoms with E-state index in [1.165, 1.54) is 0 Å². The molecule has 1 atom stereocenters. The number of amides is 4. The second-order valence-corrected chi connectivity index (χ2v) is 8.28. The van der Waals surface area contributed by atoms with Crippen LogP contribution < -0.4 is 11.1 Å². The molecule has 2 heterocycles. The van der Waals surface area contributed by atoms with E-state index in [-0.39, 0.29) is 29.6 Å². The van der Waals surface area contributed by atoms with E-state index < -0.39 is 17.5 Å². The summed E-state index contributed by atoms with van der Waals surface area (Å²) in [5, 5.41) is 2.80. The predicted octanol–water partition coefficient (Wildman–Crippen LogP) is 0.642. The van der Waals surface area contributed by atoms with E-state index in [1.807, 2.05) is 27.7 Å². The lowest BCUT2D eigenvalue weighted by molar-refractivity contribution is -0.155. The first-order chi connectivity index (χ1) is 13.2. The highest BCUT2D eigenvalue weighted by Gasteiger charge is 2.44. The summed E-state index contributed by atoms with van der Waals surface area (Å²) in [7, 11) is 0. The summed E-state index contributed by atoms with van der Waals surface area (Å²) >= 11 is 0. The number of piperidine rings is 1. The minimum absolute atomic E-state index is 0.00463. The van der Waals surface area contributed by atoms with Crippen LogP contribution in [0, 0.1) is 11.8 Å². The largest absolute Gasteiger partial charge is 0.368 e. The van der Waals surface area contributed by atoms with Crippen LogP contribution in [0.2, 0.25) is 0 Å². The standard InChI is InChI=1S/C20H34N4O4/c1-5-20(6-2,19(21)28)22-16(25)14-11-23(12-14)18(27)15-9-7-8-10-24(15)17(26)13(3)4/h13-15H,5-12H2,1-4H3,(H2,21,28)(H,22,25). The van der Waals surface area contributed by atoms with Crippen LogP contribution in [0.4, 0.5) is 0 Å². The van der Waals surface area contributed by atoms with Crippen molar-refractivity contribution in [1.29, 1.82) is 0 Å². The fraction of sp³-hybridized carbons (Fsp3) is 0.800. The molecule has 1 unspecified atom stereocenters. The van der Waals surface area contributed by atoms with Crippen molar-refractivity contribution >= 4 is 23.6 Å². The number of nitrogens with two attached hydrogens (primary N) is 1. The van der Waals surface area contributed by atoms with Gasteiger partial charge in [0.1, 0.15) is 11.6 Å². The summed E-state index contributed by atoms with van der Waals surface area (Å²) in [6, 6.07) is -0.427. The Morgan fingerprint density at radius 3 is 2.21 bits per heavy atom. The molecule has 0 radical (unpaired) electrons. The van der Waals surface area contributed by atoms with Gasteiger partial charge in [0.05, 0.1) is 5.92 Å². The highest BCUT2D eigenvalue weighted by molar-refractivity contribution is 5.93. The predicted molar refractivity (Wildman–Crippen MR) is 105 cm³/mol. The van der Waals surface area contributed by atoms with E-state index in [0.29, 0.717) is 38.9 Å². The normalized spacial score (nSPS) is 20.7. The molecule has 0 aromatic rings. The summed E-state index contributed by atoms with van der Waals surface area (Å²) in [4.78, 5) is 53.0. The van der Waals surface area contributed by atoms with Gasteiger partial charge in [-0.15, -0.1) is 0 Å². The molecular formula is C20H34N4O4. The zero-order valence-electron chi connectivity index (χ0n) is 17.5. The van der Waals surface area contributed by atoms with Crippen molar-refractivity contribution in [3.63, 3.8) is 0 Å². The number of carbonyl (C=O) groups is 4. The molecule has 2 rings (SSSR count). The third-order valence-corrected chi connectivity index (χ3v) is 6.17. The van der Waals surface area contributed by atoms with E-state index in [9.17, 15) is 19.2 Å². The van der Waals surface area contributed by atoms with Crippen LogP contribution in [0.25, 0.3) is 0 Å². The van der Waals surface area contributed by atoms with Crippen LogP contribution in [-0.4, -0.2) is 64.6 Å². The summed E-state index contributed by atoms with van der Waals surface area (Å²) in [5.41, 5.74) is 4.45. The Hall–Kier alpha value is -2.12. The molecule has 28 heavy (non-hydrogen) atoms. The van der Waals surface area contributed by atoms with Crippen LogP contribution in [0.5, 0.6) is 0 Å². The highest BCUT2D eigenvalue weighted by atomic mass is 16.2. The fourth-order valence-electron chi connectivity index (χ4n) is 3.99. The van der Waals surface area contributed by atoms with Crippen molar-refractivity contribution in [2.75, 3.05) is 19.6 Å². The van der Waals surface area contributed by atoms with E-state index >= 15 is 0 Å². The molecule has 3 N–H and O–H groups in total. The molecule has 0 aromatic carbocycles. The Kier molecular flexibility index (Phi) is 7.06. The summed E-state index contributed by atoms with van der Waals surface area (Å²) in [6.07, 6.45) is 3.35. The average molecular weight is 395 g/mol. The average Bonchev–Trinajstić information content (AvgIpc) is 2.63. The molecule has 8 heteroatoms. The monoisotopic (exact) mass is 394 g/mol. The summed E-state index contributed by atoms with van der Waals surface area (Å²) in [5.74, 6) is -1.35. The maximum Gasteiger partial charge on any atom is 0.245 e. The lowest BCUT2D eigenvalue weighted by atomic mass is 9.89. The van der Waals surface area contributed by atoms with Crippen molar-refractivity contribution in [1.82, 2.24) is 15.1 Å². The van der Waals surface area contributed by atoms with Crippen molar-refractivity contribution in [3.05, 3.63) is 0 Å². The molecule has 158 valence electrons. The molecule has 2 saturated heterocycles. The number of hydrogen-bond acceptors (Lipinski definition) is 4. The van der Waals surface area contributed by atoms with Crippen LogP contribution in [-0.2, 0) is 19.2 Å². The number of carbonyl (C=O) groups excluding carboxylic acids is 4. The maximum absolute atomic E-state index is 12.9. The molecule has 0 aliphatic carbocycles. The number of nitrogens with one attached hydrogen (secondary N) is 1. The first kappa shape index (κ1) is 22.2. The van der Waals surface area contributed by atoms with E-state index in [1.54, 1.807) is 9.80 Å². The first-order valence-corrected chi connectivity index (χ1v) is 10.4. The fourth-order valence-corrected chi connectivity index (χ4v) is 3.99. The van der Waals surface area contributed by atoms with Gasteiger partial charge in [-0.1, -0.05) is 27.7 Å². The van der Waals surface area contributed by atoms with E-state index in [0.717, 1.165) is 12.8 Å². The Labute approximate surface area is 167 Å². The van der Waals surface area contributed by atoms with Gasteiger partial charge < -0.3 is 20.9 Å². The van der Waals surface area contributed by atoms with Crippen LogP contribution >= 0.6 is 0 Å². The van der Waals surface area contributed by atoms with Crippen molar-refractivity contribution in [2.24, 2.45) is 17.6 Å². The van der Waals surface area contributed by atoms with E-state index in [4.69, 9.17) is 5.73 Å².